The molecular weight excluding hydrogens is 249 g/mol. The summed E-state index contributed by atoms with van der Waals surface area (Å²) in [6.45, 7) is 0.329. The number of rotatable bonds is 2. The Morgan fingerprint density at radius 2 is 2.12 bits per heavy atom. The van der Waals surface area contributed by atoms with E-state index in [1.54, 1.807) is 24.4 Å². The van der Waals surface area contributed by atoms with Gasteiger partial charge in [-0.25, -0.2) is 14.8 Å². The van der Waals surface area contributed by atoms with Crippen LogP contribution in [-0.4, -0.2) is 14.5 Å². The highest BCUT2D eigenvalue weighted by molar-refractivity contribution is 6.32. The van der Waals surface area contributed by atoms with Crippen molar-refractivity contribution in [3.8, 4) is 0 Å². The first-order valence-electron chi connectivity index (χ1n) is 4.49. The summed E-state index contributed by atoms with van der Waals surface area (Å²) in [4.78, 5) is 18.9. The lowest BCUT2D eigenvalue weighted by atomic mass is 10.3. The van der Waals surface area contributed by atoms with Gasteiger partial charge in [-0.1, -0.05) is 29.3 Å². The minimum Gasteiger partial charge on any atom is -0.295 e. The normalized spacial score (nSPS) is 10.4. The molecule has 82 valence electrons. The minimum absolute atomic E-state index is 0.295. The lowest BCUT2D eigenvalue weighted by Crippen LogP contribution is -2.22. The van der Waals surface area contributed by atoms with Crippen LogP contribution in [0, 0.1) is 0 Å². The van der Waals surface area contributed by atoms with Crippen LogP contribution in [-0.2, 0) is 6.54 Å². The van der Waals surface area contributed by atoms with E-state index in [4.69, 9.17) is 23.2 Å². The molecular formula is C10H7Cl2N3O. The van der Waals surface area contributed by atoms with E-state index in [9.17, 15) is 4.79 Å². The van der Waals surface area contributed by atoms with Crippen molar-refractivity contribution in [1.29, 1.82) is 0 Å². The second kappa shape index (κ2) is 4.63. The van der Waals surface area contributed by atoms with E-state index in [1.165, 1.54) is 10.8 Å². The van der Waals surface area contributed by atoms with Gasteiger partial charge >= 0.3 is 5.69 Å². The number of halogens is 2. The predicted octanol–water partition coefficient (Wildman–Crippen LogP) is 1.99. The molecule has 0 saturated carbocycles. The van der Waals surface area contributed by atoms with Crippen molar-refractivity contribution in [2.75, 3.05) is 0 Å². The standard InChI is InChI=1S/C10H7Cl2N3O/c11-8-3-2-7(9(12)14-8)6-15-5-1-4-13-10(15)16/h1-5H,6H2. The average Bonchev–Trinajstić information content (AvgIpc) is 2.25. The van der Waals surface area contributed by atoms with Crippen molar-refractivity contribution >= 4 is 23.2 Å². The molecule has 0 aliphatic rings. The van der Waals surface area contributed by atoms with Crippen molar-refractivity contribution in [3.63, 3.8) is 0 Å². The molecule has 0 unspecified atom stereocenters. The van der Waals surface area contributed by atoms with E-state index in [0.717, 1.165) is 5.56 Å². The van der Waals surface area contributed by atoms with Crippen molar-refractivity contribution < 1.29 is 0 Å². The van der Waals surface area contributed by atoms with Gasteiger partial charge in [-0.2, -0.15) is 0 Å². The van der Waals surface area contributed by atoms with E-state index in [0.29, 0.717) is 16.9 Å². The zero-order chi connectivity index (χ0) is 11.5. The second-order valence-corrected chi connectivity index (χ2v) is 3.86. The van der Waals surface area contributed by atoms with Gasteiger partial charge < -0.3 is 0 Å². The lowest BCUT2D eigenvalue weighted by molar-refractivity contribution is 0.725. The molecule has 6 heteroatoms. The summed E-state index contributed by atoms with van der Waals surface area (Å²) in [6.07, 6.45) is 3.08. The first kappa shape index (κ1) is 11.1. The molecule has 16 heavy (non-hydrogen) atoms. The Hall–Kier alpha value is -1.39. The summed E-state index contributed by atoms with van der Waals surface area (Å²) in [5.41, 5.74) is 0.398. The van der Waals surface area contributed by atoms with Gasteiger partial charge in [0.2, 0.25) is 0 Å². The summed E-state index contributed by atoms with van der Waals surface area (Å²) < 4.78 is 1.44. The van der Waals surface area contributed by atoms with Crippen molar-refractivity contribution in [3.05, 3.63) is 56.9 Å². The predicted molar refractivity (Wildman–Crippen MR) is 61.9 cm³/mol. The maximum absolute atomic E-state index is 11.4. The minimum atomic E-state index is -0.325. The summed E-state index contributed by atoms with van der Waals surface area (Å²) in [5, 5.41) is 0.621. The van der Waals surface area contributed by atoms with Crippen LogP contribution < -0.4 is 5.69 Å². The number of hydrogen-bond acceptors (Lipinski definition) is 3. The van der Waals surface area contributed by atoms with Crippen LogP contribution in [0.1, 0.15) is 5.56 Å². The van der Waals surface area contributed by atoms with Crippen LogP contribution >= 0.6 is 23.2 Å². The fraction of sp³-hybridized carbons (Fsp3) is 0.100. The maximum atomic E-state index is 11.4. The van der Waals surface area contributed by atoms with Gasteiger partial charge in [-0.3, -0.25) is 4.57 Å². The Balaban J connectivity index is 2.35. The Labute approximate surface area is 101 Å². The molecule has 0 atom stereocenters. The lowest BCUT2D eigenvalue weighted by Gasteiger charge is -2.05. The van der Waals surface area contributed by atoms with E-state index in [1.807, 2.05) is 0 Å². The van der Waals surface area contributed by atoms with Gasteiger partial charge in [0.25, 0.3) is 0 Å². The monoisotopic (exact) mass is 255 g/mol. The van der Waals surface area contributed by atoms with E-state index < -0.39 is 0 Å². The van der Waals surface area contributed by atoms with Crippen LogP contribution in [0.4, 0.5) is 0 Å². The van der Waals surface area contributed by atoms with Gasteiger partial charge in [-0.05, 0) is 12.1 Å². The molecule has 0 aliphatic carbocycles. The summed E-state index contributed by atoms with van der Waals surface area (Å²) in [5.74, 6) is 0. The van der Waals surface area contributed by atoms with Crippen LogP contribution in [0.25, 0.3) is 0 Å². The number of pyridine rings is 1. The number of nitrogens with zero attached hydrogens (tertiary/aromatic N) is 3. The quantitative estimate of drug-likeness (QED) is 0.772. The summed E-state index contributed by atoms with van der Waals surface area (Å²) >= 11 is 11.6. The molecule has 2 aromatic heterocycles. The zero-order valence-corrected chi connectivity index (χ0v) is 9.61. The van der Waals surface area contributed by atoms with Crippen LogP contribution in [0.2, 0.25) is 10.3 Å². The largest absolute Gasteiger partial charge is 0.347 e. The topological polar surface area (TPSA) is 47.8 Å². The molecule has 0 saturated heterocycles. The van der Waals surface area contributed by atoms with Crippen molar-refractivity contribution in [1.82, 2.24) is 14.5 Å². The molecule has 4 nitrogen and oxygen atoms in total. The molecule has 0 N–H and O–H groups in total. The van der Waals surface area contributed by atoms with Crippen LogP contribution in [0.3, 0.4) is 0 Å². The Bertz CT molecular complexity index is 568. The van der Waals surface area contributed by atoms with Crippen LogP contribution in [0.5, 0.6) is 0 Å². The molecule has 2 aromatic rings. The van der Waals surface area contributed by atoms with E-state index in [2.05, 4.69) is 9.97 Å². The molecule has 0 spiro atoms. The summed E-state index contributed by atoms with van der Waals surface area (Å²) in [6, 6.07) is 5.04. The zero-order valence-electron chi connectivity index (χ0n) is 8.10. The third kappa shape index (κ3) is 2.40. The van der Waals surface area contributed by atoms with Crippen molar-refractivity contribution in [2.45, 2.75) is 6.54 Å². The molecule has 0 aromatic carbocycles. The average molecular weight is 256 g/mol. The van der Waals surface area contributed by atoms with Gasteiger partial charge in [-0.15, -0.1) is 0 Å². The molecule has 0 aliphatic heterocycles. The Kier molecular flexibility index (Phi) is 3.22. The third-order valence-corrected chi connectivity index (χ3v) is 2.55. The van der Waals surface area contributed by atoms with Crippen molar-refractivity contribution in [2.24, 2.45) is 0 Å². The van der Waals surface area contributed by atoms with E-state index >= 15 is 0 Å². The highest BCUT2D eigenvalue weighted by atomic mass is 35.5. The fourth-order valence-corrected chi connectivity index (χ4v) is 1.65. The number of hydrogen-bond donors (Lipinski definition) is 0. The first-order chi connectivity index (χ1) is 7.66. The molecule has 0 bridgehead atoms. The highest BCUT2D eigenvalue weighted by Crippen LogP contribution is 2.16. The Morgan fingerprint density at radius 3 is 2.81 bits per heavy atom. The van der Waals surface area contributed by atoms with Gasteiger partial charge in [0.15, 0.2) is 0 Å². The summed E-state index contributed by atoms with van der Waals surface area (Å²) in [7, 11) is 0. The molecule has 0 fully saturated rings. The molecule has 0 radical (unpaired) electrons. The molecule has 0 amide bonds. The highest BCUT2D eigenvalue weighted by Gasteiger charge is 2.04. The molecule has 2 heterocycles. The number of aromatic nitrogens is 3. The Morgan fingerprint density at radius 1 is 1.31 bits per heavy atom. The fourth-order valence-electron chi connectivity index (χ4n) is 1.25. The maximum Gasteiger partial charge on any atom is 0.347 e. The SMILES string of the molecule is O=c1ncccn1Cc1ccc(Cl)nc1Cl. The van der Waals surface area contributed by atoms with E-state index in [-0.39, 0.29) is 5.69 Å². The smallest absolute Gasteiger partial charge is 0.295 e. The van der Waals surface area contributed by atoms with Gasteiger partial charge in [0.1, 0.15) is 10.3 Å². The second-order valence-electron chi connectivity index (χ2n) is 3.11. The molecule has 2 rings (SSSR count). The van der Waals surface area contributed by atoms with Crippen LogP contribution in [0.15, 0.2) is 35.4 Å². The first-order valence-corrected chi connectivity index (χ1v) is 5.25. The van der Waals surface area contributed by atoms with Gasteiger partial charge in [0.05, 0.1) is 6.54 Å². The van der Waals surface area contributed by atoms with Gasteiger partial charge in [0, 0.05) is 18.0 Å². The third-order valence-electron chi connectivity index (χ3n) is 2.02.